The Kier molecular flexibility index (Phi) is 5.97. The maximum atomic E-state index is 11.6. The lowest BCUT2D eigenvalue weighted by Crippen LogP contribution is -2.24. The molecule has 0 aliphatic heterocycles. The first-order valence-electron chi connectivity index (χ1n) is 6.56. The first kappa shape index (κ1) is 16.0. The smallest absolute Gasteiger partial charge is 0.277 e. The predicted octanol–water partition coefficient (Wildman–Crippen LogP) is 3.54. The van der Waals surface area contributed by atoms with Gasteiger partial charge in [0.15, 0.2) is 6.61 Å². The Bertz CT molecular complexity index is 679. The molecule has 114 valence electrons. The van der Waals surface area contributed by atoms with Crippen molar-refractivity contribution in [3.63, 3.8) is 0 Å². The molecule has 22 heavy (non-hydrogen) atoms. The van der Waals surface area contributed by atoms with Crippen LogP contribution in [-0.4, -0.2) is 18.7 Å². The zero-order chi connectivity index (χ0) is 15.8. The normalized spacial score (nSPS) is 11.2. The highest BCUT2D eigenvalue weighted by Gasteiger charge is 2.04. The van der Waals surface area contributed by atoms with Crippen LogP contribution in [0.2, 0.25) is 0 Å². The fraction of sp³-hybridized carbons (Fsp3) is 0.125. The van der Waals surface area contributed by atoms with Crippen LogP contribution in [0.4, 0.5) is 0 Å². The molecule has 0 aliphatic carbocycles. The molecule has 1 aromatic carbocycles. The summed E-state index contributed by atoms with van der Waals surface area (Å²) in [5.74, 6) is 0.989. The lowest BCUT2D eigenvalue weighted by Gasteiger charge is -2.07. The number of carbonyl (C=O) groups excluding carboxylic acids is 1. The second kappa shape index (κ2) is 8.19. The van der Waals surface area contributed by atoms with E-state index in [0.717, 1.165) is 10.0 Å². The molecule has 0 saturated carbocycles. The Morgan fingerprint density at radius 2 is 2.32 bits per heavy atom. The number of ether oxygens (including phenoxy) is 1. The van der Waals surface area contributed by atoms with Crippen molar-refractivity contribution in [1.29, 1.82) is 0 Å². The molecule has 0 radical (unpaired) electrons. The molecule has 5 nitrogen and oxygen atoms in total. The van der Waals surface area contributed by atoms with E-state index in [1.165, 1.54) is 6.21 Å². The van der Waals surface area contributed by atoms with Crippen LogP contribution in [0.5, 0.6) is 5.75 Å². The van der Waals surface area contributed by atoms with Crippen LogP contribution < -0.4 is 10.2 Å². The quantitative estimate of drug-likeness (QED) is 0.631. The minimum absolute atomic E-state index is 0.110. The third kappa shape index (κ3) is 5.21. The van der Waals surface area contributed by atoms with Gasteiger partial charge in [-0.2, -0.15) is 5.10 Å². The molecule has 6 heteroatoms. The Morgan fingerprint density at radius 1 is 1.45 bits per heavy atom. The summed E-state index contributed by atoms with van der Waals surface area (Å²) in [7, 11) is 0. The number of aryl methyl sites for hydroxylation is 1. The van der Waals surface area contributed by atoms with E-state index in [-0.39, 0.29) is 12.5 Å². The van der Waals surface area contributed by atoms with Crippen molar-refractivity contribution in [2.75, 3.05) is 6.61 Å². The molecule has 0 spiro atoms. The van der Waals surface area contributed by atoms with Crippen molar-refractivity contribution < 1.29 is 13.9 Å². The van der Waals surface area contributed by atoms with Crippen molar-refractivity contribution in [2.45, 2.75) is 6.92 Å². The number of rotatable bonds is 6. The maximum Gasteiger partial charge on any atom is 0.277 e. The van der Waals surface area contributed by atoms with E-state index in [9.17, 15) is 4.79 Å². The van der Waals surface area contributed by atoms with Crippen LogP contribution in [0.15, 0.2) is 56.7 Å². The SMILES string of the molecule is Cc1ccc(OCC(=O)NN=C/C=C/c2ccco2)c(Br)c1. The zero-order valence-electron chi connectivity index (χ0n) is 12.0. The summed E-state index contributed by atoms with van der Waals surface area (Å²) in [6.45, 7) is 1.87. The number of hydrazone groups is 1. The first-order chi connectivity index (χ1) is 10.6. The number of hydrogen-bond acceptors (Lipinski definition) is 4. The monoisotopic (exact) mass is 362 g/mol. The van der Waals surface area contributed by atoms with Crippen molar-refractivity contribution in [2.24, 2.45) is 5.10 Å². The number of carbonyl (C=O) groups is 1. The molecule has 2 rings (SSSR count). The third-order valence-electron chi connectivity index (χ3n) is 2.60. The number of hydrogen-bond donors (Lipinski definition) is 1. The minimum atomic E-state index is -0.338. The van der Waals surface area contributed by atoms with E-state index in [1.807, 2.05) is 31.2 Å². The summed E-state index contributed by atoms with van der Waals surface area (Å²) < 4.78 is 11.3. The number of furan rings is 1. The van der Waals surface area contributed by atoms with Crippen LogP contribution in [-0.2, 0) is 4.79 Å². The molecule has 1 heterocycles. The van der Waals surface area contributed by atoms with E-state index in [1.54, 1.807) is 24.5 Å². The van der Waals surface area contributed by atoms with E-state index in [0.29, 0.717) is 11.5 Å². The lowest BCUT2D eigenvalue weighted by molar-refractivity contribution is -0.123. The van der Waals surface area contributed by atoms with Gasteiger partial charge >= 0.3 is 0 Å². The minimum Gasteiger partial charge on any atom is -0.483 e. The molecule has 1 N–H and O–H groups in total. The van der Waals surface area contributed by atoms with Gasteiger partial charge in [-0.25, -0.2) is 5.43 Å². The van der Waals surface area contributed by atoms with Gasteiger partial charge in [0.2, 0.25) is 0 Å². The largest absolute Gasteiger partial charge is 0.483 e. The second-order valence-electron chi connectivity index (χ2n) is 4.41. The highest BCUT2D eigenvalue weighted by molar-refractivity contribution is 9.10. The van der Waals surface area contributed by atoms with Gasteiger partial charge in [-0.15, -0.1) is 0 Å². The van der Waals surface area contributed by atoms with Crippen LogP contribution in [0, 0.1) is 6.92 Å². The summed E-state index contributed by atoms with van der Waals surface area (Å²) in [6, 6.07) is 9.25. The Balaban J connectivity index is 1.73. The molecule has 2 aromatic rings. The van der Waals surface area contributed by atoms with Gasteiger partial charge in [0, 0.05) is 6.21 Å². The summed E-state index contributed by atoms with van der Waals surface area (Å²) >= 11 is 3.38. The van der Waals surface area contributed by atoms with Gasteiger partial charge in [-0.1, -0.05) is 6.07 Å². The summed E-state index contributed by atoms with van der Waals surface area (Å²) in [6.07, 6.45) is 6.44. The topological polar surface area (TPSA) is 63.8 Å². The number of benzene rings is 1. The Labute approximate surface area is 136 Å². The first-order valence-corrected chi connectivity index (χ1v) is 7.35. The Morgan fingerprint density at radius 3 is 3.05 bits per heavy atom. The molecular weight excluding hydrogens is 348 g/mol. The fourth-order valence-electron chi connectivity index (χ4n) is 1.57. The van der Waals surface area contributed by atoms with Crippen LogP contribution >= 0.6 is 15.9 Å². The average Bonchev–Trinajstić information content (AvgIpc) is 2.99. The predicted molar refractivity (Wildman–Crippen MR) is 88.8 cm³/mol. The van der Waals surface area contributed by atoms with Crippen LogP contribution in [0.1, 0.15) is 11.3 Å². The lowest BCUT2D eigenvalue weighted by atomic mass is 10.2. The zero-order valence-corrected chi connectivity index (χ0v) is 13.5. The number of nitrogens with one attached hydrogen (secondary N) is 1. The number of halogens is 1. The van der Waals surface area contributed by atoms with Crippen LogP contribution in [0.25, 0.3) is 6.08 Å². The van der Waals surface area contributed by atoms with Gasteiger partial charge in [0.25, 0.3) is 5.91 Å². The summed E-state index contributed by atoms with van der Waals surface area (Å²) in [5.41, 5.74) is 3.48. The van der Waals surface area contributed by atoms with E-state index in [2.05, 4.69) is 26.5 Å². The number of amides is 1. The summed E-state index contributed by atoms with van der Waals surface area (Å²) in [4.78, 5) is 11.6. The van der Waals surface area contributed by atoms with Crippen LogP contribution in [0.3, 0.4) is 0 Å². The van der Waals surface area contributed by atoms with Gasteiger partial charge in [-0.3, -0.25) is 4.79 Å². The molecular formula is C16H15BrN2O3. The molecule has 0 unspecified atom stereocenters. The van der Waals surface area contributed by atoms with Crippen molar-refractivity contribution in [3.05, 3.63) is 58.5 Å². The fourth-order valence-corrected chi connectivity index (χ4v) is 2.18. The molecule has 0 fully saturated rings. The number of nitrogens with zero attached hydrogens (tertiary/aromatic N) is 1. The molecule has 0 aliphatic rings. The van der Waals surface area contributed by atoms with Crippen molar-refractivity contribution in [1.82, 2.24) is 5.43 Å². The highest BCUT2D eigenvalue weighted by atomic mass is 79.9. The standard InChI is InChI=1S/C16H15BrN2O3/c1-12-6-7-15(14(17)10-12)22-11-16(20)19-18-8-2-4-13-5-3-9-21-13/h2-10H,11H2,1H3,(H,19,20)/b4-2+,18-8?. The molecule has 0 atom stereocenters. The van der Waals surface area contributed by atoms with E-state index >= 15 is 0 Å². The summed E-state index contributed by atoms with van der Waals surface area (Å²) in [5, 5.41) is 3.77. The molecule has 1 aromatic heterocycles. The van der Waals surface area contributed by atoms with E-state index < -0.39 is 0 Å². The van der Waals surface area contributed by atoms with Gasteiger partial charge < -0.3 is 9.15 Å². The van der Waals surface area contributed by atoms with Crippen molar-refractivity contribution in [3.8, 4) is 5.75 Å². The van der Waals surface area contributed by atoms with Gasteiger partial charge in [0.05, 0.1) is 10.7 Å². The van der Waals surface area contributed by atoms with Gasteiger partial charge in [0.1, 0.15) is 11.5 Å². The molecule has 1 amide bonds. The van der Waals surface area contributed by atoms with Gasteiger partial charge in [-0.05, 0) is 64.8 Å². The number of allylic oxidation sites excluding steroid dienone is 1. The average molecular weight is 363 g/mol. The van der Waals surface area contributed by atoms with E-state index in [4.69, 9.17) is 9.15 Å². The van der Waals surface area contributed by atoms with Crippen molar-refractivity contribution >= 4 is 34.1 Å². The maximum absolute atomic E-state index is 11.6. The molecule has 0 saturated heterocycles. The molecule has 0 bridgehead atoms. The second-order valence-corrected chi connectivity index (χ2v) is 5.26. The highest BCUT2D eigenvalue weighted by Crippen LogP contribution is 2.25. The Hall–Kier alpha value is -2.34. The third-order valence-corrected chi connectivity index (χ3v) is 3.22.